The Labute approximate surface area is 139 Å². The monoisotopic (exact) mass is 345 g/mol. The molecule has 0 saturated carbocycles. The molecule has 24 heavy (non-hydrogen) atoms. The third kappa shape index (κ3) is 12.1. The average Bonchev–Trinajstić information content (AvgIpc) is 2.88. The second kappa shape index (κ2) is 12.0. The Bertz CT molecular complexity index is 516. The molecule has 0 atom stereocenters. The van der Waals surface area contributed by atoms with Gasteiger partial charge in [0.1, 0.15) is 5.76 Å². The normalized spacial score (nSPS) is 10.0. The molecule has 4 N–H and O–H groups in total. The third-order valence-electron chi connectivity index (χ3n) is 2.31. The van der Waals surface area contributed by atoms with Gasteiger partial charge in [0.05, 0.1) is 12.6 Å². The zero-order valence-electron chi connectivity index (χ0n) is 13.9. The van der Waals surface area contributed by atoms with Crippen LogP contribution in [0.15, 0.2) is 10.6 Å². The number of aromatic nitrogens is 1. The summed E-state index contributed by atoms with van der Waals surface area (Å²) < 4.78 is 10.2. The molecule has 0 bridgehead atoms. The Kier molecular flexibility index (Phi) is 10.8. The molecule has 1 aromatic rings. The third-order valence-corrected chi connectivity index (χ3v) is 2.31. The lowest BCUT2D eigenvalue weighted by atomic mass is 10.4. The van der Waals surface area contributed by atoms with E-state index in [4.69, 9.17) is 29.1 Å². The van der Waals surface area contributed by atoms with E-state index in [1.165, 1.54) is 0 Å². The summed E-state index contributed by atoms with van der Waals surface area (Å²) in [6.45, 7) is 7.48. The van der Waals surface area contributed by atoms with Gasteiger partial charge in [-0.15, -0.1) is 0 Å². The first kappa shape index (κ1) is 21.5. The van der Waals surface area contributed by atoms with Crippen LogP contribution in [0.1, 0.15) is 26.0 Å². The molecular weight excluding hydrogens is 322 g/mol. The highest BCUT2D eigenvalue weighted by Gasteiger charge is 2.05. The molecule has 136 valence electrons. The minimum Gasteiger partial charge on any atom is -0.473 e. The van der Waals surface area contributed by atoms with Crippen molar-refractivity contribution in [3.63, 3.8) is 0 Å². The van der Waals surface area contributed by atoms with Crippen LogP contribution in [0.2, 0.25) is 0 Å². The number of hydrogen-bond acceptors (Lipinski definition) is 7. The summed E-state index contributed by atoms with van der Waals surface area (Å²) in [5.74, 6) is -2.66. The molecule has 0 aliphatic carbocycles. The fourth-order valence-electron chi connectivity index (χ4n) is 1.33. The maximum Gasteiger partial charge on any atom is 0.414 e. The molecule has 1 heterocycles. The highest BCUT2D eigenvalue weighted by atomic mass is 16.5. The second-order valence-corrected chi connectivity index (χ2v) is 4.93. The number of carboxylic acid groups (broad SMARTS) is 2. The largest absolute Gasteiger partial charge is 0.473 e. The Morgan fingerprint density at radius 3 is 2.38 bits per heavy atom. The standard InChI is InChI=1S/C12H21N3O3.C2H2O4/c1-9(2)17-6-4-5-13-8-12(16)14-11-7-10(3)18-15-11;3-1(4)2(5)6/h7,9,13H,4-6,8H2,1-3H3,(H,14,15,16);(H,3,4)(H,5,6). The van der Waals surface area contributed by atoms with Crippen LogP contribution in [-0.2, 0) is 19.1 Å². The number of rotatable bonds is 8. The van der Waals surface area contributed by atoms with Crippen LogP contribution in [-0.4, -0.2) is 59.0 Å². The van der Waals surface area contributed by atoms with Crippen LogP contribution >= 0.6 is 0 Å². The molecule has 10 heteroatoms. The second-order valence-electron chi connectivity index (χ2n) is 4.93. The van der Waals surface area contributed by atoms with Gasteiger partial charge < -0.3 is 30.1 Å². The van der Waals surface area contributed by atoms with Gasteiger partial charge in [0.15, 0.2) is 5.82 Å². The number of nitrogens with one attached hydrogen (secondary N) is 2. The maximum absolute atomic E-state index is 11.5. The van der Waals surface area contributed by atoms with Crippen LogP contribution in [0, 0.1) is 6.92 Å². The number of amides is 1. The summed E-state index contributed by atoms with van der Waals surface area (Å²) >= 11 is 0. The van der Waals surface area contributed by atoms with Crippen molar-refractivity contribution >= 4 is 23.7 Å². The van der Waals surface area contributed by atoms with Crippen LogP contribution in [0.25, 0.3) is 0 Å². The predicted molar refractivity (Wildman–Crippen MR) is 83.7 cm³/mol. The van der Waals surface area contributed by atoms with E-state index in [1.54, 1.807) is 13.0 Å². The number of aryl methyl sites for hydroxylation is 1. The fourth-order valence-corrected chi connectivity index (χ4v) is 1.33. The zero-order chi connectivity index (χ0) is 18.5. The van der Waals surface area contributed by atoms with Crippen molar-refractivity contribution in [3.05, 3.63) is 11.8 Å². The van der Waals surface area contributed by atoms with Crippen molar-refractivity contribution in [3.8, 4) is 0 Å². The van der Waals surface area contributed by atoms with Gasteiger partial charge in [0.2, 0.25) is 5.91 Å². The molecule has 1 aromatic heterocycles. The minimum absolute atomic E-state index is 0.131. The number of aliphatic carboxylic acids is 2. The number of carbonyl (C=O) groups excluding carboxylic acids is 1. The fraction of sp³-hybridized carbons (Fsp3) is 0.571. The van der Waals surface area contributed by atoms with Crippen molar-refractivity contribution in [1.29, 1.82) is 0 Å². The van der Waals surface area contributed by atoms with Gasteiger partial charge in [-0.25, -0.2) is 9.59 Å². The van der Waals surface area contributed by atoms with Crippen LogP contribution in [0.3, 0.4) is 0 Å². The van der Waals surface area contributed by atoms with Gasteiger partial charge >= 0.3 is 11.9 Å². The van der Waals surface area contributed by atoms with E-state index in [-0.39, 0.29) is 18.6 Å². The van der Waals surface area contributed by atoms with E-state index < -0.39 is 11.9 Å². The smallest absolute Gasteiger partial charge is 0.414 e. The van der Waals surface area contributed by atoms with E-state index in [0.717, 1.165) is 13.0 Å². The summed E-state index contributed by atoms with van der Waals surface area (Å²) in [6, 6.07) is 1.67. The summed E-state index contributed by atoms with van der Waals surface area (Å²) in [7, 11) is 0. The number of anilines is 1. The van der Waals surface area contributed by atoms with Crippen molar-refractivity contribution in [2.24, 2.45) is 0 Å². The van der Waals surface area contributed by atoms with Crippen LogP contribution in [0.5, 0.6) is 0 Å². The van der Waals surface area contributed by atoms with Crippen molar-refractivity contribution < 1.29 is 33.9 Å². The summed E-state index contributed by atoms with van der Waals surface area (Å²) in [5, 5.41) is 24.1. The first-order chi connectivity index (χ1) is 11.2. The van der Waals surface area contributed by atoms with Crippen LogP contribution < -0.4 is 10.6 Å². The van der Waals surface area contributed by atoms with E-state index >= 15 is 0 Å². The number of nitrogens with zero attached hydrogens (tertiary/aromatic N) is 1. The highest BCUT2D eigenvalue weighted by Crippen LogP contribution is 2.06. The first-order valence-corrected chi connectivity index (χ1v) is 7.24. The molecule has 0 saturated heterocycles. The maximum atomic E-state index is 11.5. The highest BCUT2D eigenvalue weighted by molar-refractivity contribution is 6.27. The SMILES string of the molecule is Cc1cc(NC(=O)CNCCCOC(C)C)no1.O=C(O)C(=O)O. The Hall–Kier alpha value is -2.46. The van der Waals surface area contributed by atoms with Gasteiger partial charge in [-0.3, -0.25) is 4.79 Å². The molecule has 0 radical (unpaired) electrons. The minimum atomic E-state index is -1.82. The molecule has 0 aliphatic rings. The molecule has 0 aliphatic heterocycles. The van der Waals surface area contributed by atoms with Gasteiger partial charge in [0, 0.05) is 12.7 Å². The lowest BCUT2D eigenvalue weighted by Gasteiger charge is -2.07. The molecular formula is C14H23N3O7. The molecule has 0 aromatic carbocycles. The van der Waals surface area contributed by atoms with Crippen LogP contribution in [0.4, 0.5) is 5.82 Å². The van der Waals surface area contributed by atoms with Gasteiger partial charge in [-0.05, 0) is 33.7 Å². The number of carboxylic acids is 2. The number of carbonyl (C=O) groups is 3. The topological polar surface area (TPSA) is 151 Å². The van der Waals surface area contributed by atoms with E-state index in [9.17, 15) is 4.79 Å². The number of hydrogen-bond donors (Lipinski definition) is 4. The molecule has 1 amide bonds. The van der Waals surface area contributed by atoms with Gasteiger partial charge in [0.25, 0.3) is 0 Å². The quantitative estimate of drug-likeness (QED) is 0.389. The van der Waals surface area contributed by atoms with E-state index in [2.05, 4.69) is 15.8 Å². The van der Waals surface area contributed by atoms with E-state index in [0.29, 0.717) is 18.2 Å². The summed E-state index contributed by atoms with van der Waals surface area (Å²) in [4.78, 5) is 29.7. The Morgan fingerprint density at radius 1 is 1.29 bits per heavy atom. The Morgan fingerprint density at radius 2 is 1.92 bits per heavy atom. The van der Waals surface area contributed by atoms with Crippen molar-refractivity contribution in [2.45, 2.75) is 33.3 Å². The predicted octanol–water partition coefficient (Wildman–Crippen LogP) is 0.482. The molecule has 10 nitrogen and oxygen atoms in total. The molecule has 1 rings (SSSR count). The lowest BCUT2D eigenvalue weighted by molar-refractivity contribution is -0.159. The summed E-state index contributed by atoms with van der Waals surface area (Å²) in [5.41, 5.74) is 0. The first-order valence-electron chi connectivity index (χ1n) is 7.24. The number of ether oxygens (including phenoxy) is 1. The molecule has 0 fully saturated rings. The van der Waals surface area contributed by atoms with Crippen molar-refractivity contribution in [1.82, 2.24) is 10.5 Å². The van der Waals surface area contributed by atoms with Crippen molar-refractivity contribution in [2.75, 3.05) is 25.0 Å². The zero-order valence-corrected chi connectivity index (χ0v) is 13.9. The molecule has 0 spiro atoms. The summed E-state index contributed by atoms with van der Waals surface area (Å²) in [6.07, 6.45) is 1.14. The van der Waals surface area contributed by atoms with Gasteiger partial charge in [-0.2, -0.15) is 0 Å². The van der Waals surface area contributed by atoms with Gasteiger partial charge in [-0.1, -0.05) is 5.16 Å². The Balaban J connectivity index is 0.000000754. The van der Waals surface area contributed by atoms with E-state index in [1.807, 2.05) is 13.8 Å². The average molecular weight is 345 g/mol. The molecule has 0 unspecified atom stereocenters. The lowest BCUT2D eigenvalue weighted by Crippen LogP contribution is -2.29.